The van der Waals surface area contributed by atoms with Gasteiger partial charge in [0.1, 0.15) is 0 Å². The molecule has 0 bridgehead atoms. The molecule has 0 aliphatic heterocycles. The Morgan fingerprint density at radius 3 is 2.62 bits per heavy atom. The van der Waals surface area contributed by atoms with Gasteiger partial charge in [0.05, 0.1) is 17.9 Å². The number of carbonyl (C=O) groups is 2. The normalized spacial score (nSPS) is 11.8. The van der Waals surface area contributed by atoms with Gasteiger partial charge in [-0.15, -0.1) is 11.3 Å². The summed E-state index contributed by atoms with van der Waals surface area (Å²) in [6.07, 6.45) is 0.288. The van der Waals surface area contributed by atoms with Crippen LogP contribution in [0.15, 0.2) is 35.7 Å². The van der Waals surface area contributed by atoms with Crippen LogP contribution in [0, 0.1) is 6.92 Å². The SMILES string of the molecule is Cc1ccc(C(=O)O)cc1CC(NC(=O)Cc1cccs1)B(O)O. The Kier molecular flexibility index (Phi) is 6.13. The highest BCUT2D eigenvalue weighted by Gasteiger charge is 2.26. The number of carbonyl (C=O) groups excluding carboxylic acids is 1. The van der Waals surface area contributed by atoms with Crippen LogP contribution in [-0.4, -0.2) is 40.1 Å². The number of aryl methyl sites for hydroxylation is 1. The molecule has 1 amide bonds. The highest BCUT2D eigenvalue weighted by Crippen LogP contribution is 2.15. The second-order valence-electron chi connectivity index (χ2n) is 5.49. The number of carboxylic acids is 1. The molecule has 126 valence electrons. The second-order valence-corrected chi connectivity index (χ2v) is 6.53. The quantitative estimate of drug-likeness (QED) is 0.560. The van der Waals surface area contributed by atoms with E-state index in [1.165, 1.54) is 23.5 Å². The van der Waals surface area contributed by atoms with E-state index in [9.17, 15) is 19.6 Å². The van der Waals surface area contributed by atoms with Gasteiger partial charge in [0.2, 0.25) is 5.91 Å². The van der Waals surface area contributed by atoms with Crippen molar-refractivity contribution in [3.05, 3.63) is 57.3 Å². The van der Waals surface area contributed by atoms with Crippen LogP contribution in [0.5, 0.6) is 0 Å². The van der Waals surface area contributed by atoms with Crippen LogP contribution in [0.3, 0.4) is 0 Å². The van der Waals surface area contributed by atoms with E-state index in [0.717, 1.165) is 10.4 Å². The molecule has 2 aromatic rings. The largest absolute Gasteiger partial charge is 0.478 e. The molecule has 0 spiro atoms. The van der Waals surface area contributed by atoms with E-state index in [-0.39, 0.29) is 24.3 Å². The van der Waals surface area contributed by atoms with Crippen molar-refractivity contribution in [1.29, 1.82) is 0 Å². The summed E-state index contributed by atoms with van der Waals surface area (Å²) in [6, 6.07) is 8.30. The molecule has 1 atom stereocenters. The first-order valence-corrected chi connectivity index (χ1v) is 8.25. The Morgan fingerprint density at radius 1 is 1.29 bits per heavy atom. The number of thiophene rings is 1. The van der Waals surface area contributed by atoms with Gasteiger partial charge in [-0.1, -0.05) is 12.1 Å². The Balaban J connectivity index is 2.09. The number of nitrogens with one attached hydrogen (secondary N) is 1. The van der Waals surface area contributed by atoms with Crippen molar-refractivity contribution >= 4 is 30.3 Å². The molecule has 1 aromatic carbocycles. The lowest BCUT2D eigenvalue weighted by Gasteiger charge is -2.19. The average Bonchev–Trinajstić information content (AvgIpc) is 3.01. The van der Waals surface area contributed by atoms with E-state index >= 15 is 0 Å². The molecule has 8 heteroatoms. The molecule has 1 unspecified atom stereocenters. The number of aromatic carboxylic acids is 1. The number of carboxylic acid groups (broad SMARTS) is 1. The van der Waals surface area contributed by atoms with E-state index in [4.69, 9.17) is 5.11 Å². The molecular formula is C16H18BNO5S. The number of benzene rings is 1. The van der Waals surface area contributed by atoms with Gasteiger partial charge < -0.3 is 20.5 Å². The molecule has 0 fully saturated rings. The van der Waals surface area contributed by atoms with Crippen LogP contribution in [0.1, 0.15) is 26.4 Å². The van der Waals surface area contributed by atoms with Crippen LogP contribution in [0.25, 0.3) is 0 Å². The third-order valence-electron chi connectivity index (χ3n) is 3.66. The first-order chi connectivity index (χ1) is 11.4. The predicted octanol–water partition coefficient (Wildman–Crippen LogP) is 1.04. The van der Waals surface area contributed by atoms with Gasteiger partial charge in [0, 0.05) is 4.88 Å². The molecular weight excluding hydrogens is 329 g/mol. The number of hydrogen-bond acceptors (Lipinski definition) is 5. The van der Waals surface area contributed by atoms with Gasteiger partial charge in [0.15, 0.2) is 0 Å². The zero-order valence-corrected chi connectivity index (χ0v) is 13.9. The van der Waals surface area contributed by atoms with E-state index in [1.807, 2.05) is 17.5 Å². The van der Waals surface area contributed by atoms with Crippen molar-refractivity contribution in [3.63, 3.8) is 0 Å². The van der Waals surface area contributed by atoms with Crippen molar-refractivity contribution < 1.29 is 24.7 Å². The zero-order valence-electron chi connectivity index (χ0n) is 13.1. The summed E-state index contributed by atoms with van der Waals surface area (Å²) < 4.78 is 0. The zero-order chi connectivity index (χ0) is 17.7. The standard InChI is InChI=1S/C16H18BNO5S/c1-10-4-5-11(16(20)21)7-12(10)8-14(17(22)23)18-15(19)9-13-3-2-6-24-13/h2-7,14,22-23H,8-9H2,1H3,(H,18,19)(H,20,21). The van der Waals surface area contributed by atoms with Crippen LogP contribution >= 0.6 is 11.3 Å². The minimum absolute atomic E-state index is 0.117. The summed E-state index contributed by atoms with van der Waals surface area (Å²) in [5.74, 6) is -2.29. The van der Waals surface area contributed by atoms with Crippen molar-refractivity contribution in [2.24, 2.45) is 0 Å². The molecule has 0 aliphatic carbocycles. The summed E-state index contributed by atoms with van der Waals surface area (Å²) in [5, 5.41) is 32.6. The third-order valence-corrected chi connectivity index (χ3v) is 4.53. The van der Waals surface area contributed by atoms with E-state index in [1.54, 1.807) is 13.0 Å². The maximum absolute atomic E-state index is 12.1. The Morgan fingerprint density at radius 2 is 2.04 bits per heavy atom. The monoisotopic (exact) mass is 347 g/mol. The fraction of sp³-hybridized carbons (Fsp3) is 0.250. The second kappa shape index (κ2) is 8.10. The maximum atomic E-state index is 12.1. The number of hydrogen-bond donors (Lipinski definition) is 4. The third kappa shape index (κ3) is 4.92. The lowest BCUT2D eigenvalue weighted by molar-refractivity contribution is -0.120. The summed E-state index contributed by atoms with van der Waals surface area (Å²) in [6.45, 7) is 1.80. The fourth-order valence-electron chi connectivity index (χ4n) is 2.32. The van der Waals surface area contributed by atoms with Gasteiger partial charge in [-0.3, -0.25) is 4.79 Å². The Hall–Kier alpha value is -2.16. The summed E-state index contributed by atoms with van der Waals surface area (Å²) in [4.78, 5) is 24.0. The average molecular weight is 347 g/mol. The lowest BCUT2D eigenvalue weighted by atomic mass is 9.75. The molecule has 1 heterocycles. The summed E-state index contributed by atoms with van der Waals surface area (Å²) >= 11 is 1.45. The van der Waals surface area contributed by atoms with Gasteiger partial charge in [-0.25, -0.2) is 4.79 Å². The van der Waals surface area contributed by atoms with Crippen LogP contribution < -0.4 is 5.32 Å². The predicted molar refractivity (Wildman–Crippen MR) is 92.0 cm³/mol. The molecule has 0 saturated carbocycles. The van der Waals surface area contributed by atoms with Crippen LogP contribution in [-0.2, 0) is 17.6 Å². The Bertz CT molecular complexity index is 717. The molecule has 1 aromatic heterocycles. The lowest BCUT2D eigenvalue weighted by Crippen LogP contribution is -2.48. The first kappa shape index (κ1) is 18.2. The van der Waals surface area contributed by atoms with Gasteiger partial charge in [0.25, 0.3) is 0 Å². The van der Waals surface area contributed by atoms with Gasteiger partial charge in [-0.05, 0) is 48.1 Å². The molecule has 6 nitrogen and oxygen atoms in total. The van der Waals surface area contributed by atoms with E-state index < -0.39 is 19.0 Å². The van der Waals surface area contributed by atoms with E-state index in [0.29, 0.717) is 5.56 Å². The minimum atomic E-state index is -1.75. The van der Waals surface area contributed by atoms with E-state index in [2.05, 4.69) is 5.32 Å². The molecule has 0 aliphatic rings. The summed E-state index contributed by atoms with van der Waals surface area (Å²) in [7, 11) is -1.75. The van der Waals surface area contributed by atoms with Crippen LogP contribution in [0.2, 0.25) is 0 Å². The van der Waals surface area contributed by atoms with Crippen molar-refractivity contribution in [1.82, 2.24) is 5.32 Å². The first-order valence-electron chi connectivity index (χ1n) is 7.37. The van der Waals surface area contributed by atoms with Crippen molar-refractivity contribution in [3.8, 4) is 0 Å². The van der Waals surface area contributed by atoms with Gasteiger partial charge >= 0.3 is 13.1 Å². The molecule has 24 heavy (non-hydrogen) atoms. The Labute approximate surface area is 143 Å². The van der Waals surface area contributed by atoms with Gasteiger partial charge in [-0.2, -0.15) is 0 Å². The molecule has 2 rings (SSSR count). The van der Waals surface area contributed by atoms with Crippen molar-refractivity contribution in [2.75, 3.05) is 0 Å². The molecule has 4 N–H and O–H groups in total. The maximum Gasteiger partial charge on any atom is 0.475 e. The topological polar surface area (TPSA) is 107 Å². The fourth-order valence-corrected chi connectivity index (χ4v) is 3.03. The number of rotatable bonds is 7. The summed E-state index contributed by atoms with van der Waals surface area (Å²) in [5.41, 5.74) is 1.58. The highest BCUT2D eigenvalue weighted by atomic mass is 32.1. The minimum Gasteiger partial charge on any atom is -0.478 e. The van der Waals surface area contributed by atoms with Crippen molar-refractivity contribution in [2.45, 2.75) is 25.7 Å². The molecule has 0 saturated heterocycles. The highest BCUT2D eigenvalue weighted by molar-refractivity contribution is 7.10. The molecule has 0 radical (unpaired) electrons. The smallest absolute Gasteiger partial charge is 0.475 e. The van der Waals surface area contributed by atoms with Crippen LogP contribution in [0.4, 0.5) is 0 Å². The number of amides is 1.